The number of piperazine rings is 1. The normalized spacial score (nSPS) is 14.9. The van der Waals surface area contributed by atoms with E-state index in [1.807, 2.05) is 12.1 Å². The molecule has 0 spiro atoms. The maximum absolute atomic E-state index is 13.0. The van der Waals surface area contributed by atoms with Gasteiger partial charge in [-0.1, -0.05) is 18.2 Å². The van der Waals surface area contributed by atoms with Gasteiger partial charge in [-0.15, -0.1) is 11.3 Å². The van der Waals surface area contributed by atoms with Crippen molar-refractivity contribution >= 4 is 33.9 Å². The number of fused-ring (bicyclic) bond motifs is 1. The molecule has 4 rings (SSSR count). The number of aryl methyl sites for hydroxylation is 2. The van der Waals surface area contributed by atoms with E-state index in [1.165, 1.54) is 31.7 Å². The van der Waals surface area contributed by atoms with Gasteiger partial charge in [-0.2, -0.15) is 0 Å². The fraction of sp³-hybridized carbons (Fsp3) is 0.409. The van der Waals surface area contributed by atoms with E-state index in [2.05, 4.69) is 28.9 Å². The number of thiophene rings is 1. The number of anilines is 1. The van der Waals surface area contributed by atoms with Crippen molar-refractivity contribution in [2.45, 2.75) is 26.4 Å². The fourth-order valence-corrected chi connectivity index (χ4v) is 4.94. The van der Waals surface area contributed by atoms with Gasteiger partial charge in [0.05, 0.1) is 10.9 Å². The van der Waals surface area contributed by atoms with Gasteiger partial charge >= 0.3 is 5.69 Å². The number of para-hydroxylation sites is 1. The summed E-state index contributed by atoms with van der Waals surface area (Å²) in [5, 5.41) is 14.8. The number of hydrogen-bond acceptors (Lipinski definition) is 7. The van der Waals surface area contributed by atoms with Crippen molar-refractivity contribution in [3.63, 3.8) is 0 Å². The predicted molar refractivity (Wildman–Crippen MR) is 120 cm³/mol. The highest BCUT2D eigenvalue weighted by molar-refractivity contribution is 7.09. The minimum atomic E-state index is -1.22. The van der Waals surface area contributed by atoms with Crippen LogP contribution in [0.3, 0.4) is 0 Å². The van der Waals surface area contributed by atoms with E-state index in [1.54, 1.807) is 10.8 Å². The van der Waals surface area contributed by atoms with Crippen molar-refractivity contribution in [2.75, 3.05) is 37.6 Å². The van der Waals surface area contributed by atoms with Crippen LogP contribution in [0.15, 0.2) is 44.6 Å². The third-order valence-corrected chi connectivity index (χ3v) is 6.61. The van der Waals surface area contributed by atoms with Gasteiger partial charge in [0.15, 0.2) is 0 Å². The molecule has 1 saturated heterocycles. The molecule has 0 amide bonds. The van der Waals surface area contributed by atoms with Crippen LogP contribution in [0.2, 0.25) is 0 Å². The summed E-state index contributed by atoms with van der Waals surface area (Å²) in [5.74, 6) is -1.22. The van der Waals surface area contributed by atoms with Crippen LogP contribution in [0, 0.1) is 6.92 Å². The molecule has 0 aliphatic carbocycles. The number of nitrogens with zero attached hydrogens (tertiary/aromatic N) is 4. The fourth-order valence-electron chi connectivity index (χ4n) is 4.13. The molecular formula is C22H25N4O4S-. The Bertz CT molecular complexity index is 1200. The summed E-state index contributed by atoms with van der Waals surface area (Å²) < 4.78 is 2.61. The van der Waals surface area contributed by atoms with Crippen LogP contribution in [0.1, 0.15) is 12.0 Å². The summed E-state index contributed by atoms with van der Waals surface area (Å²) in [5.41, 5.74) is 2.21. The second-order valence-electron chi connectivity index (χ2n) is 7.80. The number of carboxylic acid groups (broad SMARTS) is 1. The van der Waals surface area contributed by atoms with Crippen molar-refractivity contribution in [1.29, 1.82) is 0 Å². The van der Waals surface area contributed by atoms with Gasteiger partial charge < -0.3 is 14.8 Å². The molecule has 0 radical (unpaired) electrons. The molecule has 1 aliphatic rings. The molecule has 0 bridgehead atoms. The molecule has 0 atom stereocenters. The first-order chi connectivity index (χ1) is 15.0. The van der Waals surface area contributed by atoms with Gasteiger partial charge in [-0.3, -0.25) is 18.8 Å². The Labute approximate surface area is 183 Å². The molecule has 8 nitrogen and oxygen atoms in total. The number of carbonyl (C=O) groups excluding carboxylic acids is 1. The standard InChI is InChI=1S/C22H26N4O4S/c1-16-4-2-3-5-18(16)24-11-8-23(9-12-24)10-13-26-21(29)17-14-31-15-19(17)25(22(26)30)7-6-20(27)28/h2-5,14-15H,6-13H2,1H3,(H,27,28)/p-1. The molecular weight excluding hydrogens is 416 g/mol. The Morgan fingerprint density at radius 3 is 2.45 bits per heavy atom. The number of benzene rings is 1. The van der Waals surface area contributed by atoms with Crippen molar-refractivity contribution in [3.05, 3.63) is 61.4 Å². The lowest BCUT2D eigenvalue weighted by molar-refractivity contribution is -0.305. The maximum atomic E-state index is 13.0. The number of rotatable bonds is 7. The van der Waals surface area contributed by atoms with Gasteiger partial charge in [0.1, 0.15) is 0 Å². The van der Waals surface area contributed by atoms with Gasteiger partial charge in [0.25, 0.3) is 5.56 Å². The Balaban J connectivity index is 1.47. The van der Waals surface area contributed by atoms with Crippen molar-refractivity contribution in [1.82, 2.24) is 14.0 Å². The highest BCUT2D eigenvalue weighted by Gasteiger charge is 2.19. The van der Waals surface area contributed by atoms with E-state index in [9.17, 15) is 19.5 Å². The lowest BCUT2D eigenvalue weighted by Crippen LogP contribution is -2.49. The largest absolute Gasteiger partial charge is 0.550 e. The number of aliphatic carboxylic acids is 1. The van der Waals surface area contributed by atoms with E-state index in [-0.39, 0.29) is 25.1 Å². The summed E-state index contributed by atoms with van der Waals surface area (Å²) in [6.45, 7) is 6.44. The molecule has 0 N–H and O–H groups in total. The molecule has 0 saturated carbocycles. The topological polar surface area (TPSA) is 90.6 Å². The Hall–Kier alpha value is -2.91. The molecule has 3 heterocycles. The Morgan fingerprint density at radius 2 is 1.74 bits per heavy atom. The number of aromatic nitrogens is 2. The summed E-state index contributed by atoms with van der Waals surface area (Å²) >= 11 is 1.33. The molecule has 164 valence electrons. The highest BCUT2D eigenvalue weighted by Crippen LogP contribution is 2.20. The minimum Gasteiger partial charge on any atom is -0.550 e. The molecule has 31 heavy (non-hydrogen) atoms. The Kier molecular flexibility index (Phi) is 6.24. The van der Waals surface area contributed by atoms with Gasteiger partial charge in [-0.05, 0) is 18.6 Å². The second-order valence-corrected chi connectivity index (χ2v) is 8.54. The minimum absolute atomic E-state index is 0.0101. The molecule has 1 aromatic carbocycles. The zero-order chi connectivity index (χ0) is 22.0. The van der Waals surface area contributed by atoms with E-state index in [0.29, 0.717) is 17.4 Å². The molecule has 1 aliphatic heterocycles. The third kappa shape index (κ3) is 4.42. The van der Waals surface area contributed by atoms with Crippen molar-refractivity contribution < 1.29 is 9.90 Å². The zero-order valence-corrected chi connectivity index (χ0v) is 18.3. The second kappa shape index (κ2) is 9.07. The first-order valence-electron chi connectivity index (χ1n) is 10.4. The number of carbonyl (C=O) groups is 1. The quantitative estimate of drug-likeness (QED) is 0.530. The SMILES string of the molecule is Cc1ccccc1N1CCN(CCn2c(=O)c3cscc3n(CCC(=O)[O-])c2=O)CC1. The van der Waals surface area contributed by atoms with Crippen LogP contribution in [-0.2, 0) is 17.9 Å². The highest BCUT2D eigenvalue weighted by atomic mass is 32.1. The molecule has 9 heteroatoms. The number of carboxylic acids is 1. The van der Waals surface area contributed by atoms with E-state index in [0.717, 1.165) is 26.2 Å². The first-order valence-corrected chi connectivity index (χ1v) is 11.3. The van der Waals surface area contributed by atoms with Crippen LogP contribution < -0.4 is 21.3 Å². The lowest BCUT2D eigenvalue weighted by atomic mass is 10.1. The van der Waals surface area contributed by atoms with E-state index >= 15 is 0 Å². The summed E-state index contributed by atoms with van der Waals surface area (Å²) in [4.78, 5) is 41.3. The summed E-state index contributed by atoms with van der Waals surface area (Å²) in [7, 11) is 0. The van der Waals surface area contributed by atoms with Crippen molar-refractivity contribution in [3.8, 4) is 0 Å². The van der Waals surface area contributed by atoms with Gasteiger partial charge in [-0.25, -0.2) is 4.79 Å². The summed E-state index contributed by atoms with van der Waals surface area (Å²) in [6.07, 6.45) is -0.274. The van der Waals surface area contributed by atoms with Crippen LogP contribution in [0.5, 0.6) is 0 Å². The van der Waals surface area contributed by atoms with Gasteiger partial charge in [0.2, 0.25) is 0 Å². The average molecular weight is 442 g/mol. The monoisotopic (exact) mass is 441 g/mol. The van der Waals surface area contributed by atoms with Crippen LogP contribution >= 0.6 is 11.3 Å². The average Bonchev–Trinajstić information content (AvgIpc) is 3.24. The number of hydrogen-bond donors (Lipinski definition) is 0. The predicted octanol–water partition coefficient (Wildman–Crippen LogP) is 0.495. The molecule has 0 unspecified atom stereocenters. The van der Waals surface area contributed by atoms with E-state index < -0.39 is 11.7 Å². The third-order valence-electron chi connectivity index (χ3n) is 5.88. The lowest BCUT2D eigenvalue weighted by Gasteiger charge is -2.36. The molecule has 1 fully saturated rings. The molecule has 2 aromatic heterocycles. The molecule has 3 aromatic rings. The van der Waals surface area contributed by atoms with Crippen LogP contribution in [0.4, 0.5) is 5.69 Å². The van der Waals surface area contributed by atoms with Crippen LogP contribution in [-0.4, -0.2) is 52.7 Å². The van der Waals surface area contributed by atoms with Crippen molar-refractivity contribution in [2.24, 2.45) is 0 Å². The first kappa shape index (κ1) is 21.3. The maximum Gasteiger partial charge on any atom is 0.331 e. The van der Waals surface area contributed by atoms with Crippen LogP contribution in [0.25, 0.3) is 10.9 Å². The zero-order valence-electron chi connectivity index (χ0n) is 17.5. The summed E-state index contributed by atoms with van der Waals surface area (Å²) in [6, 6.07) is 8.33. The smallest absolute Gasteiger partial charge is 0.331 e. The van der Waals surface area contributed by atoms with Gasteiger partial charge in [0, 0.05) is 74.7 Å². The van der Waals surface area contributed by atoms with E-state index in [4.69, 9.17) is 0 Å². The Morgan fingerprint density at radius 1 is 1.00 bits per heavy atom.